The molecule has 1 aromatic rings. The average Bonchev–Trinajstić information content (AvgIpc) is 2.25. The zero-order chi connectivity index (χ0) is 12.7. The molecule has 2 aliphatic heterocycles. The molecule has 2 heterocycles. The smallest absolute Gasteiger partial charge is 0.335 e. The fourth-order valence-corrected chi connectivity index (χ4v) is 2.27. The summed E-state index contributed by atoms with van der Waals surface area (Å²) in [7, 11) is 0. The Hall–Kier alpha value is -2.08. The van der Waals surface area contributed by atoms with Gasteiger partial charge in [0.15, 0.2) is 0 Å². The van der Waals surface area contributed by atoms with Gasteiger partial charge in [-0.05, 0) is 18.2 Å². The highest BCUT2D eigenvalue weighted by atomic mass is 16.4. The zero-order valence-corrected chi connectivity index (χ0v) is 9.64. The lowest BCUT2D eigenvalue weighted by molar-refractivity contribution is -0.115. The Morgan fingerprint density at radius 2 is 2.17 bits per heavy atom. The number of hydrogen-bond donors (Lipinski definition) is 3. The van der Waals surface area contributed by atoms with Crippen molar-refractivity contribution in [3.05, 3.63) is 23.8 Å². The summed E-state index contributed by atoms with van der Waals surface area (Å²) in [6.45, 7) is 2.03. The fraction of sp³-hybridized carbons (Fsp3) is 0.333. The Bertz CT molecular complexity index is 525. The number of carboxylic acids is 1. The number of nitrogens with zero attached hydrogens (tertiary/aromatic N) is 1. The minimum atomic E-state index is -0.991. The second-order valence-electron chi connectivity index (χ2n) is 4.53. The highest BCUT2D eigenvalue weighted by Crippen LogP contribution is 2.32. The van der Waals surface area contributed by atoms with Crippen LogP contribution >= 0.6 is 0 Å². The predicted molar refractivity (Wildman–Crippen MR) is 66.0 cm³/mol. The summed E-state index contributed by atoms with van der Waals surface area (Å²) in [4.78, 5) is 24.6. The molecule has 3 rings (SSSR count). The molecule has 1 fully saturated rings. The molecular weight excluding hydrogens is 234 g/mol. The van der Waals surface area contributed by atoms with Gasteiger partial charge < -0.3 is 20.6 Å². The largest absolute Gasteiger partial charge is 0.478 e. The first-order chi connectivity index (χ1) is 8.65. The number of carboxylic acid groups (broad SMARTS) is 1. The van der Waals surface area contributed by atoms with E-state index >= 15 is 0 Å². The second-order valence-corrected chi connectivity index (χ2v) is 4.53. The number of nitrogens with one attached hydrogen (secondary N) is 2. The first-order valence-corrected chi connectivity index (χ1v) is 5.80. The quantitative estimate of drug-likeness (QED) is 0.691. The SMILES string of the molecule is O=C1CN(C2CNC2)c2ccc(C(=O)O)cc2N1. The van der Waals surface area contributed by atoms with Crippen LogP contribution in [0.4, 0.5) is 11.4 Å². The lowest BCUT2D eigenvalue weighted by Crippen LogP contribution is -2.60. The van der Waals surface area contributed by atoms with E-state index in [4.69, 9.17) is 5.11 Å². The second kappa shape index (κ2) is 3.99. The number of rotatable bonds is 2. The van der Waals surface area contributed by atoms with Crippen molar-refractivity contribution in [3.63, 3.8) is 0 Å². The van der Waals surface area contributed by atoms with E-state index in [0.29, 0.717) is 18.3 Å². The lowest BCUT2D eigenvalue weighted by atomic mass is 10.0. The van der Waals surface area contributed by atoms with Crippen molar-refractivity contribution < 1.29 is 14.7 Å². The molecule has 0 aromatic heterocycles. The van der Waals surface area contributed by atoms with Crippen molar-refractivity contribution in [2.45, 2.75) is 6.04 Å². The van der Waals surface area contributed by atoms with Gasteiger partial charge >= 0.3 is 5.97 Å². The van der Waals surface area contributed by atoms with Crippen molar-refractivity contribution in [2.75, 3.05) is 29.9 Å². The zero-order valence-electron chi connectivity index (χ0n) is 9.64. The Labute approximate surface area is 104 Å². The molecule has 6 nitrogen and oxygen atoms in total. The van der Waals surface area contributed by atoms with E-state index in [1.807, 2.05) is 4.90 Å². The number of carbonyl (C=O) groups excluding carboxylic acids is 1. The van der Waals surface area contributed by atoms with Gasteiger partial charge in [-0.1, -0.05) is 0 Å². The minimum absolute atomic E-state index is 0.100. The van der Waals surface area contributed by atoms with E-state index in [9.17, 15) is 9.59 Å². The molecule has 6 heteroatoms. The molecule has 0 unspecified atom stereocenters. The molecule has 1 saturated heterocycles. The van der Waals surface area contributed by atoms with Crippen LogP contribution in [-0.4, -0.2) is 42.7 Å². The summed E-state index contributed by atoms with van der Waals surface area (Å²) < 4.78 is 0. The Morgan fingerprint density at radius 1 is 1.39 bits per heavy atom. The van der Waals surface area contributed by atoms with Crippen molar-refractivity contribution in [1.82, 2.24) is 5.32 Å². The normalized spacial score (nSPS) is 18.9. The van der Waals surface area contributed by atoms with Gasteiger partial charge in [0.2, 0.25) is 5.91 Å². The van der Waals surface area contributed by atoms with Crippen molar-refractivity contribution in [2.24, 2.45) is 0 Å². The summed E-state index contributed by atoms with van der Waals surface area (Å²) in [5.41, 5.74) is 1.66. The number of amides is 1. The van der Waals surface area contributed by atoms with Crippen LogP contribution in [-0.2, 0) is 4.79 Å². The number of carbonyl (C=O) groups is 2. The third kappa shape index (κ3) is 1.70. The Morgan fingerprint density at radius 3 is 2.78 bits per heavy atom. The summed E-state index contributed by atoms with van der Waals surface area (Å²) in [6.07, 6.45) is 0. The summed E-state index contributed by atoms with van der Waals surface area (Å²) >= 11 is 0. The lowest BCUT2D eigenvalue weighted by Gasteiger charge is -2.42. The van der Waals surface area contributed by atoms with Gasteiger partial charge in [-0.3, -0.25) is 4.79 Å². The first-order valence-electron chi connectivity index (χ1n) is 5.80. The van der Waals surface area contributed by atoms with Crippen LogP contribution in [0.25, 0.3) is 0 Å². The van der Waals surface area contributed by atoms with E-state index in [1.54, 1.807) is 12.1 Å². The third-order valence-electron chi connectivity index (χ3n) is 3.34. The van der Waals surface area contributed by atoms with Gasteiger partial charge in [0.25, 0.3) is 0 Å². The average molecular weight is 247 g/mol. The fourth-order valence-electron chi connectivity index (χ4n) is 2.27. The van der Waals surface area contributed by atoms with E-state index in [2.05, 4.69) is 10.6 Å². The predicted octanol–water partition coefficient (Wildman–Crippen LogP) is 0.115. The van der Waals surface area contributed by atoms with Gasteiger partial charge in [-0.15, -0.1) is 0 Å². The highest BCUT2D eigenvalue weighted by Gasteiger charge is 2.31. The molecule has 1 amide bonds. The molecule has 0 radical (unpaired) electrons. The topological polar surface area (TPSA) is 81.7 Å². The minimum Gasteiger partial charge on any atom is -0.478 e. The number of aromatic carboxylic acids is 1. The standard InChI is InChI=1S/C12H13N3O3/c16-11-6-15(8-4-13-5-8)10-2-1-7(12(17)18)3-9(10)14-11/h1-3,8,13H,4-6H2,(H,14,16)(H,17,18). The van der Waals surface area contributed by atoms with E-state index < -0.39 is 5.97 Å². The van der Waals surface area contributed by atoms with Crippen LogP contribution in [0.5, 0.6) is 0 Å². The van der Waals surface area contributed by atoms with Gasteiger partial charge in [0.1, 0.15) is 0 Å². The molecule has 0 saturated carbocycles. The van der Waals surface area contributed by atoms with Crippen molar-refractivity contribution in [1.29, 1.82) is 0 Å². The number of benzene rings is 1. The molecule has 3 N–H and O–H groups in total. The van der Waals surface area contributed by atoms with E-state index in [0.717, 1.165) is 18.8 Å². The Balaban J connectivity index is 1.99. The van der Waals surface area contributed by atoms with Gasteiger partial charge in [-0.2, -0.15) is 0 Å². The maximum absolute atomic E-state index is 11.6. The van der Waals surface area contributed by atoms with Gasteiger partial charge in [-0.25, -0.2) is 4.79 Å². The molecule has 0 atom stereocenters. The first kappa shape index (κ1) is 11.0. The summed E-state index contributed by atoms with van der Waals surface area (Å²) in [5, 5.41) is 14.8. The molecule has 0 aliphatic carbocycles. The summed E-state index contributed by atoms with van der Waals surface area (Å²) in [5.74, 6) is -1.09. The molecule has 18 heavy (non-hydrogen) atoms. The van der Waals surface area contributed by atoms with E-state index in [1.165, 1.54) is 6.07 Å². The summed E-state index contributed by atoms with van der Waals surface area (Å²) in [6, 6.07) is 5.15. The van der Waals surface area contributed by atoms with Crippen LogP contribution in [0.3, 0.4) is 0 Å². The van der Waals surface area contributed by atoms with Crippen LogP contribution in [0.1, 0.15) is 10.4 Å². The molecular formula is C12H13N3O3. The highest BCUT2D eigenvalue weighted by molar-refractivity contribution is 6.03. The van der Waals surface area contributed by atoms with Crippen LogP contribution in [0.15, 0.2) is 18.2 Å². The number of hydrogen-bond acceptors (Lipinski definition) is 4. The third-order valence-corrected chi connectivity index (χ3v) is 3.34. The van der Waals surface area contributed by atoms with Gasteiger partial charge in [0, 0.05) is 13.1 Å². The maximum Gasteiger partial charge on any atom is 0.335 e. The van der Waals surface area contributed by atoms with Crippen molar-refractivity contribution >= 4 is 23.3 Å². The Kier molecular flexibility index (Phi) is 2.45. The molecule has 0 spiro atoms. The number of fused-ring (bicyclic) bond motifs is 1. The van der Waals surface area contributed by atoms with Crippen molar-refractivity contribution in [3.8, 4) is 0 Å². The van der Waals surface area contributed by atoms with E-state index in [-0.39, 0.29) is 11.5 Å². The maximum atomic E-state index is 11.6. The van der Waals surface area contributed by atoms with Gasteiger partial charge in [0.05, 0.1) is 29.5 Å². The van der Waals surface area contributed by atoms with Crippen LogP contribution in [0.2, 0.25) is 0 Å². The van der Waals surface area contributed by atoms with Crippen LogP contribution in [0, 0.1) is 0 Å². The van der Waals surface area contributed by atoms with Crippen LogP contribution < -0.4 is 15.5 Å². The molecule has 0 bridgehead atoms. The monoisotopic (exact) mass is 247 g/mol. The number of anilines is 2. The molecule has 2 aliphatic rings. The molecule has 1 aromatic carbocycles. The molecule has 94 valence electrons.